The maximum atomic E-state index is 9.12. The van der Waals surface area contributed by atoms with Crippen molar-refractivity contribution in [1.82, 2.24) is 0 Å². The van der Waals surface area contributed by atoms with Crippen molar-refractivity contribution in [2.45, 2.75) is 25.4 Å². The Bertz CT molecular complexity index is 604. The first-order valence-corrected chi connectivity index (χ1v) is 12.4. The van der Waals surface area contributed by atoms with Crippen molar-refractivity contribution in [3.63, 3.8) is 0 Å². The van der Waals surface area contributed by atoms with Gasteiger partial charge < -0.3 is 20.9 Å². The molecule has 0 aliphatic rings. The topological polar surface area (TPSA) is 66.1 Å². The van der Waals surface area contributed by atoms with E-state index in [1.807, 2.05) is 62.4 Å². The van der Waals surface area contributed by atoms with Gasteiger partial charge in [0, 0.05) is 0 Å². The second-order valence-corrected chi connectivity index (χ2v) is 8.68. The Labute approximate surface area is 171 Å². The van der Waals surface area contributed by atoms with E-state index in [2.05, 4.69) is 0 Å². The van der Waals surface area contributed by atoms with Gasteiger partial charge in [-0.3, -0.25) is 0 Å². The Morgan fingerprint density at radius 1 is 0.846 bits per heavy atom. The monoisotopic (exact) mass is 484 g/mol. The van der Waals surface area contributed by atoms with Crippen LogP contribution in [0.15, 0.2) is 48.5 Å². The van der Waals surface area contributed by atoms with Crippen molar-refractivity contribution in [3.05, 3.63) is 71.1 Å². The summed E-state index contributed by atoms with van der Waals surface area (Å²) in [6.45, 7) is 3.96. The predicted molar refractivity (Wildman–Crippen MR) is 106 cm³/mol. The summed E-state index contributed by atoms with van der Waals surface area (Å²) in [6, 6.07) is 14.3. The van der Waals surface area contributed by atoms with Crippen molar-refractivity contribution >= 4 is 19.4 Å². The van der Waals surface area contributed by atoms with E-state index in [1.54, 1.807) is 14.2 Å². The van der Waals surface area contributed by atoms with Gasteiger partial charge in [-0.1, -0.05) is 60.7 Å². The Balaban J connectivity index is 0.00000105. The third-order valence-corrected chi connectivity index (χ3v) is 4.22. The van der Waals surface area contributed by atoms with Crippen molar-refractivity contribution < 1.29 is 24.6 Å². The molecule has 2 rings (SSSR count). The van der Waals surface area contributed by atoms with Crippen LogP contribution in [0.5, 0.6) is 11.5 Å². The Hall–Kier alpha value is -0.837. The quantitative estimate of drug-likeness (QED) is 0.442. The van der Waals surface area contributed by atoms with Crippen LogP contribution in [0, 0.1) is 5.92 Å². The van der Waals surface area contributed by atoms with Crippen LogP contribution in [0.25, 0.3) is 11.5 Å². The molecule has 0 heterocycles. The fraction of sp³-hybridized carbons (Fsp3) is 0.368. The summed E-state index contributed by atoms with van der Waals surface area (Å²) in [5, 5.41) is 0. The summed E-state index contributed by atoms with van der Waals surface area (Å²) in [7, 11) is 12.9. The van der Waals surface area contributed by atoms with Gasteiger partial charge in [0.2, 0.25) is 0 Å². The van der Waals surface area contributed by atoms with E-state index in [-0.39, 0.29) is 21.1 Å². The third kappa shape index (κ3) is 5.58. The maximum absolute atomic E-state index is 9.12. The number of halogens is 2. The van der Waals surface area contributed by atoms with Crippen LogP contribution in [0.3, 0.4) is 0 Å². The van der Waals surface area contributed by atoms with E-state index in [0.29, 0.717) is 0 Å². The Morgan fingerprint density at radius 2 is 1.15 bits per heavy atom. The van der Waals surface area contributed by atoms with Gasteiger partial charge in [-0.2, -0.15) is 0 Å². The molecule has 2 aromatic rings. The molecule has 0 saturated heterocycles. The van der Waals surface area contributed by atoms with Crippen molar-refractivity contribution in [3.8, 4) is 11.5 Å². The van der Waals surface area contributed by atoms with Crippen molar-refractivity contribution in [1.29, 1.82) is 0 Å². The number of benzene rings is 2. The zero-order valence-corrected chi connectivity index (χ0v) is 18.4. The normalized spacial score (nSPS) is 12.2. The van der Waals surface area contributed by atoms with Gasteiger partial charge >= 0.3 is 34.5 Å². The van der Waals surface area contributed by atoms with E-state index in [1.165, 1.54) is 0 Å². The van der Waals surface area contributed by atoms with Gasteiger partial charge in [0.05, 0.1) is 14.2 Å². The molecule has 0 aromatic heterocycles. The molecule has 7 heteroatoms. The van der Waals surface area contributed by atoms with Crippen molar-refractivity contribution in [2.75, 3.05) is 14.2 Å². The molecule has 2 aromatic carbocycles. The molecule has 0 saturated carbocycles. The number of hydrogen-bond acceptors (Lipinski definition) is 2. The molecular formula is C19H24Cl2N2O2Ru. The molecule has 2 N–H and O–H groups in total. The van der Waals surface area contributed by atoms with Gasteiger partial charge in [0.25, 0.3) is 0 Å². The summed E-state index contributed by atoms with van der Waals surface area (Å²) in [6.07, 6.45) is 0. The summed E-state index contributed by atoms with van der Waals surface area (Å²) in [4.78, 5) is 0. The number of rotatable bonds is 6. The van der Waals surface area contributed by atoms with Gasteiger partial charge in [-0.25, -0.2) is 0 Å². The standard InChI is InChI=1S/C19H24N2O2.2ClH.Ru/c1-13(2)18(20)19(21,14-5-9-16(22-3)10-6-14)15-7-11-17(23-4)12-8-15;;;/h5-13,18,20-21H,1-4H3;2*1H;/q-2;;;+4/p-2. The molecule has 0 amide bonds. The number of methoxy groups -OCH3 is 2. The van der Waals surface area contributed by atoms with Crippen LogP contribution in [-0.2, 0) is 20.7 Å². The molecule has 0 aliphatic heterocycles. The van der Waals surface area contributed by atoms with E-state index >= 15 is 0 Å². The molecule has 26 heavy (non-hydrogen) atoms. The molecule has 1 atom stereocenters. The molecule has 4 nitrogen and oxygen atoms in total. The van der Waals surface area contributed by atoms with E-state index in [0.717, 1.165) is 22.6 Å². The molecule has 144 valence electrons. The average molecular weight is 484 g/mol. The zero-order valence-electron chi connectivity index (χ0n) is 15.2. The fourth-order valence-electron chi connectivity index (χ4n) is 2.73. The SMILES string of the molecule is COc1ccc(C([NH-])(c2ccc(OC)cc2)C([NH-])C(C)C)cc1.[Cl][Ru+2][Cl]. The molecule has 0 bridgehead atoms. The van der Waals surface area contributed by atoms with Crippen LogP contribution in [0.2, 0.25) is 0 Å². The third-order valence-electron chi connectivity index (χ3n) is 4.22. The predicted octanol–water partition coefficient (Wildman–Crippen LogP) is 6.45. The molecular weight excluding hydrogens is 460 g/mol. The van der Waals surface area contributed by atoms with E-state index in [4.69, 9.17) is 40.3 Å². The van der Waals surface area contributed by atoms with Crippen molar-refractivity contribution in [2.24, 2.45) is 5.92 Å². The molecule has 0 spiro atoms. The van der Waals surface area contributed by atoms with Gasteiger partial charge in [0.1, 0.15) is 11.5 Å². The first-order chi connectivity index (χ1) is 12.3. The first-order valence-electron chi connectivity index (χ1n) is 7.95. The van der Waals surface area contributed by atoms with E-state index in [9.17, 15) is 0 Å². The number of ether oxygens (including phenoxy) is 2. The van der Waals surface area contributed by atoms with Crippen LogP contribution >= 0.6 is 19.4 Å². The molecule has 0 radical (unpaired) electrons. The van der Waals surface area contributed by atoms with Gasteiger partial charge in [0.15, 0.2) is 0 Å². The van der Waals surface area contributed by atoms with Gasteiger partial charge in [-0.15, -0.1) is 6.04 Å². The summed E-state index contributed by atoms with van der Waals surface area (Å²) in [5.74, 6) is 1.55. The Morgan fingerprint density at radius 3 is 1.38 bits per heavy atom. The average Bonchev–Trinajstić information content (AvgIpc) is 2.67. The molecule has 0 aliphatic carbocycles. The number of nitrogens with one attached hydrogen (secondary N) is 2. The second kappa shape index (κ2) is 11.1. The Kier molecular flexibility index (Phi) is 9.91. The summed E-state index contributed by atoms with van der Waals surface area (Å²) in [5.41, 5.74) is 18.2. The number of hydrogen-bond donors (Lipinski definition) is 0. The first kappa shape index (κ1) is 23.2. The summed E-state index contributed by atoms with van der Waals surface area (Å²) < 4.78 is 10.4. The van der Waals surface area contributed by atoms with Crippen LogP contribution in [-0.4, -0.2) is 20.3 Å². The van der Waals surface area contributed by atoms with Crippen LogP contribution in [0.1, 0.15) is 25.0 Å². The van der Waals surface area contributed by atoms with Crippen LogP contribution in [0.4, 0.5) is 0 Å². The minimum absolute atomic E-state index is 0.0525. The van der Waals surface area contributed by atoms with E-state index < -0.39 is 11.6 Å². The molecule has 0 fully saturated rings. The molecule has 1 unspecified atom stereocenters. The minimum atomic E-state index is -1.15. The van der Waals surface area contributed by atoms with Crippen LogP contribution < -0.4 is 9.47 Å². The summed E-state index contributed by atoms with van der Waals surface area (Å²) >= 11 is -0.346. The second-order valence-electron chi connectivity index (χ2n) is 6.04. The van der Waals surface area contributed by atoms with Gasteiger partial charge in [-0.05, 0) is 24.3 Å². The fourth-order valence-corrected chi connectivity index (χ4v) is 2.73. The zero-order chi connectivity index (χ0) is 19.7.